The van der Waals surface area contributed by atoms with Gasteiger partial charge in [-0.05, 0) is 47.1 Å². The van der Waals surface area contributed by atoms with E-state index in [1.54, 1.807) is 42.5 Å². The van der Waals surface area contributed by atoms with Gasteiger partial charge in [0, 0.05) is 32.5 Å². The lowest BCUT2D eigenvalue weighted by Gasteiger charge is -2.41. The molecule has 0 spiro atoms. The Morgan fingerprint density at radius 2 is 1.53 bits per heavy atom. The topological polar surface area (TPSA) is 77.9 Å². The van der Waals surface area contributed by atoms with Crippen LogP contribution in [-0.4, -0.2) is 64.0 Å². The van der Waals surface area contributed by atoms with Crippen LogP contribution >= 0.6 is 0 Å². The Morgan fingerprint density at radius 3 is 2.07 bits per heavy atom. The lowest BCUT2D eigenvalue weighted by atomic mass is 9.76. The number of nitrogens with zero attached hydrogens (tertiary/aromatic N) is 2. The van der Waals surface area contributed by atoms with Crippen LogP contribution in [0.15, 0.2) is 103 Å². The molecule has 0 saturated carbocycles. The van der Waals surface area contributed by atoms with Gasteiger partial charge in [0.2, 0.25) is 11.8 Å². The Hall–Kier alpha value is -4.66. The lowest BCUT2D eigenvalue weighted by Crippen LogP contribution is -2.59. The fourth-order valence-corrected chi connectivity index (χ4v) is 6.27. The van der Waals surface area contributed by atoms with Gasteiger partial charge in [0.25, 0.3) is 0 Å². The van der Waals surface area contributed by atoms with Crippen LogP contribution in [0.4, 0.5) is 13.2 Å². The molecule has 3 atom stereocenters. The van der Waals surface area contributed by atoms with Gasteiger partial charge >= 0.3 is 12.1 Å². The van der Waals surface area contributed by atoms with E-state index < -0.39 is 42.0 Å². The van der Waals surface area contributed by atoms with E-state index in [9.17, 15) is 19.5 Å². The quantitative estimate of drug-likeness (QED) is 0.288. The standard InChI is InChI=1S/C36H35F3N2O4/c1-25(42)40-22-8-13-31(40)24-41(32(33(43)44)23-26-14-16-29(17-15-26)27-9-4-2-5-10-27)34(45)35(36(37,38)39)20-18-30(19-21-35)28-11-6-3-7-12-28/h2-7,9-12,14-20,31-32H,8,13,21-24H2,1H3,(H,43,44)/t31-,32+,35?/m1/s1. The molecule has 1 fully saturated rings. The molecule has 3 aromatic rings. The Bertz CT molecular complexity index is 1590. The molecule has 1 unspecified atom stereocenters. The molecular weight excluding hydrogens is 581 g/mol. The highest BCUT2D eigenvalue weighted by atomic mass is 19.4. The zero-order valence-electron chi connectivity index (χ0n) is 24.9. The molecule has 2 amide bonds. The van der Waals surface area contributed by atoms with Crippen LogP contribution in [-0.2, 0) is 20.8 Å². The molecule has 5 rings (SSSR count). The molecule has 1 N–H and O–H groups in total. The first kappa shape index (κ1) is 31.8. The number of allylic oxidation sites excluding steroid dienone is 3. The highest BCUT2D eigenvalue weighted by Crippen LogP contribution is 2.48. The first-order valence-electron chi connectivity index (χ1n) is 15.0. The molecule has 45 heavy (non-hydrogen) atoms. The molecule has 9 heteroatoms. The third-order valence-electron chi connectivity index (χ3n) is 8.79. The molecular formula is C36H35F3N2O4. The minimum atomic E-state index is -5.01. The lowest BCUT2D eigenvalue weighted by molar-refractivity contribution is -0.214. The van der Waals surface area contributed by atoms with E-state index in [1.807, 2.05) is 42.5 Å². The summed E-state index contributed by atoms with van der Waals surface area (Å²) in [6.45, 7) is 1.44. The summed E-state index contributed by atoms with van der Waals surface area (Å²) < 4.78 is 45.0. The summed E-state index contributed by atoms with van der Waals surface area (Å²) in [4.78, 5) is 41.8. The normalized spacial score (nSPS) is 20.4. The molecule has 2 aliphatic rings. The summed E-state index contributed by atoms with van der Waals surface area (Å²) >= 11 is 0. The summed E-state index contributed by atoms with van der Waals surface area (Å²) in [7, 11) is 0. The summed E-state index contributed by atoms with van der Waals surface area (Å²) in [5.41, 5.74) is 0.699. The molecule has 1 saturated heterocycles. The smallest absolute Gasteiger partial charge is 0.406 e. The number of carboxylic acid groups (broad SMARTS) is 1. The van der Waals surface area contributed by atoms with Crippen molar-refractivity contribution >= 4 is 23.4 Å². The number of benzene rings is 3. The fraction of sp³-hybridized carbons (Fsp3) is 0.306. The van der Waals surface area contributed by atoms with Crippen LogP contribution in [0.1, 0.15) is 37.3 Å². The van der Waals surface area contributed by atoms with E-state index in [-0.39, 0.29) is 18.9 Å². The van der Waals surface area contributed by atoms with Crippen molar-refractivity contribution in [3.8, 4) is 11.1 Å². The zero-order chi connectivity index (χ0) is 32.2. The Kier molecular flexibility index (Phi) is 9.27. The van der Waals surface area contributed by atoms with Crippen molar-refractivity contribution < 1.29 is 32.7 Å². The van der Waals surface area contributed by atoms with E-state index in [1.165, 1.54) is 24.0 Å². The van der Waals surface area contributed by atoms with Gasteiger partial charge in [-0.1, -0.05) is 103 Å². The van der Waals surface area contributed by atoms with E-state index >= 15 is 13.2 Å². The summed E-state index contributed by atoms with van der Waals surface area (Å²) in [6.07, 6.45) is -1.28. The number of carbonyl (C=O) groups is 3. The number of alkyl halides is 3. The van der Waals surface area contributed by atoms with Gasteiger partial charge in [-0.2, -0.15) is 13.2 Å². The van der Waals surface area contributed by atoms with E-state index in [0.29, 0.717) is 36.1 Å². The number of hydrogen-bond acceptors (Lipinski definition) is 3. The molecule has 0 radical (unpaired) electrons. The number of likely N-dealkylation sites (tertiary alicyclic amines) is 1. The predicted octanol–water partition coefficient (Wildman–Crippen LogP) is 6.78. The number of aliphatic carboxylic acids is 1. The minimum absolute atomic E-state index is 0.203. The number of amides is 2. The largest absolute Gasteiger partial charge is 0.480 e. The number of halogens is 3. The van der Waals surface area contributed by atoms with E-state index in [2.05, 4.69) is 0 Å². The number of hydrogen-bond donors (Lipinski definition) is 1. The maximum atomic E-state index is 15.0. The maximum absolute atomic E-state index is 15.0. The fourth-order valence-electron chi connectivity index (χ4n) is 6.27. The third-order valence-corrected chi connectivity index (χ3v) is 8.79. The third kappa shape index (κ3) is 6.72. The van der Waals surface area contributed by atoms with Crippen molar-refractivity contribution in [2.45, 2.75) is 50.9 Å². The van der Waals surface area contributed by atoms with Crippen molar-refractivity contribution in [1.82, 2.24) is 9.80 Å². The van der Waals surface area contributed by atoms with Crippen LogP contribution in [0.3, 0.4) is 0 Å². The van der Waals surface area contributed by atoms with Crippen LogP contribution in [0, 0.1) is 5.41 Å². The van der Waals surface area contributed by atoms with Crippen molar-refractivity contribution in [1.29, 1.82) is 0 Å². The van der Waals surface area contributed by atoms with Gasteiger partial charge < -0.3 is 14.9 Å². The molecule has 1 aliphatic carbocycles. The molecule has 1 heterocycles. The molecule has 6 nitrogen and oxygen atoms in total. The average Bonchev–Trinajstić information content (AvgIpc) is 3.52. The second-order valence-corrected chi connectivity index (χ2v) is 11.6. The van der Waals surface area contributed by atoms with Gasteiger partial charge in [0.1, 0.15) is 6.04 Å². The van der Waals surface area contributed by atoms with Gasteiger partial charge in [0.05, 0.1) is 0 Å². The first-order valence-corrected chi connectivity index (χ1v) is 15.0. The Balaban J connectivity index is 1.51. The van der Waals surface area contributed by atoms with Crippen LogP contribution in [0.25, 0.3) is 16.7 Å². The summed E-state index contributed by atoms with van der Waals surface area (Å²) in [5.74, 6) is -3.02. The van der Waals surface area contributed by atoms with Crippen molar-refractivity contribution in [3.63, 3.8) is 0 Å². The second-order valence-electron chi connectivity index (χ2n) is 11.6. The Morgan fingerprint density at radius 1 is 0.933 bits per heavy atom. The molecule has 234 valence electrons. The SMILES string of the molecule is CC(=O)N1CCC[C@@H]1CN(C(=O)C1(C(F)(F)F)C=CC(c2ccccc2)=CC1)[C@@H](Cc1ccc(-c2ccccc2)cc1)C(=O)O. The van der Waals surface area contributed by atoms with E-state index in [0.717, 1.165) is 22.1 Å². The maximum Gasteiger partial charge on any atom is 0.406 e. The van der Waals surface area contributed by atoms with Gasteiger partial charge in [0.15, 0.2) is 5.41 Å². The van der Waals surface area contributed by atoms with Crippen LogP contribution in [0.5, 0.6) is 0 Å². The van der Waals surface area contributed by atoms with Gasteiger partial charge in [-0.3, -0.25) is 9.59 Å². The van der Waals surface area contributed by atoms with Crippen molar-refractivity contribution in [2.75, 3.05) is 13.1 Å². The second kappa shape index (κ2) is 13.1. The van der Waals surface area contributed by atoms with Crippen molar-refractivity contribution in [2.24, 2.45) is 5.41 Å². The zero-order valence-corrected chi connectivity index (χ0v) is 24.9. The number of carboxylic acids is 1. The van der Waals surface area contributed by atoms with Crippen LogP contribution in [0.2, 0.25) is 0 Å². The highest BCUT2D eigenvalue weighted by Gasteiger charge is 2.61. The van der Waals surface area contributed by atoms with E-state index in [4.69, 9.17) is 0 Å². The average molecular weight is 617 g/mol. The number of carbonyl (C=O) groups excluding carboxylic acids is 2. The van der Waals surface area contributed by atoms with Gasteiger partial charge in [-0.15, -0.1) is 0 Å². The van der Waals surface area contributed by atoms with Crippen LogP contribution < -0.4 is 0 Å². The van der Waals surface area contributed by atoms with Gasteiger partial charge in [-0.25, -0.2) is 4.79 Å². The Labute approximate surface area is 260 Å². The van der Waals surface area contributed by atoms with Crippen molar-refractivity contribution in [3.05, 3.63) is 114 Å². The minimum Gasteiger partial charge on any atom is -0.480 e. The molecule has 3 aromatic carbocycles. The number of rotatable bonds is 9. The molecule has 0 bridgehead atoms. The predicted molar refractivity (Wildman–Crippen MR) is 166 cm³/mol. The highest BCUT2D eigenvalue weighted by molar-refractivity contribution is 5.92. The summed E-state index contributed by atoms with van der Waals surface area (Å²) in [6, 6.07) is 23.3. The molecule has 0 aromatic heterocycles. The first-order chi connectivity index (χ1) is 21.5. The monoisotopic (exact) mass is 616 g/mol. The molecule has 1 aliphatic heterocycles. The summed E-state index contributed by atoms with van der Waals surface area (Å²) in [5, 5.41) is 10.4.